The quantitative estimate of drug-likeness (QED) is 0.117. The molecule has 5 aromatic rings. The van der Waals surface area contributed by atoms with Crippen LogP contribution < -0.4 is 4.74 Å². The predicted molar refractivity (Wildman–Crippen MR) is 193 cm³/mol. The molecule has 1 fully saturated rings. The molecule has 272 valence electrons. The van der Waals surface area contributed by atoms with Gasteiger partial charge in [-0.15, -0.1) is 0 Å². The SMILES string of the molecule is COc1ccc(Cc2cc([C@]3(OC)O[C@@H](CO)[C@H](OCc4ccccc4)[C@H](OCc4ccccc4)[C@H]3OCc3ccccc3)ccc2Cl)c(F)c1F. The number of benzene rings is 5. The van der Waals surface area contributed by atoms with E-state index in [0.29, 0.717) is 16.1 Å². The van der Waals surface area contributed by atoms with Crippen LogP contribution in [-0.4, -0.2) is 50.3 Å². The van der Waals surface area contributed by atoms with Crippen molar-refractivity contribution >= 4 is 11.6 Å². The van der Waals surface area contributed by atoms with E-state index in [4.69, 9.17) is 40.0 Å². The Bertz CT molecular complexity index is 1880. The number of hydrogen-bond acceptors (Lipinski definition) is 7. The van der Waals surface area contributed by atoms with E-state index in [1.807, 2.05) is 91.0 Å². The van der Waals surface area contributed by atoms with Crippen LogP contribution >= 0.6 is 11.6 Å². The van der Waals surface area contributed by atoms with E-state index in [1.165, 1.54) is 26.4 Å². The minimum atomic E-state index is -1.68. The Morgan fingerprint density at radius 2 is 1.23 bits per heavy atom. The Hall–Kier alpha value is -4.19. The number of aliphatic hydroxyl groups is 1. The first-order valence-electron chi connectivity index (χ1n) is 17.0. The molecule has 1 heterocycles. The van der Waals surface area contributed by atoms with E-state index in [0.717, 1.165) is 16.7 Å². The highest BCUT2D eigenvalue weighted by Crippen LogP contribution is 2.44. The maximum atomic E-state index is 15.2. The normalized spacial score (nSPS) is 21.6. The number of aliphatic hydroxyl groups excluding tert-OH is 1. The number of hydrogen-bond donors (Lipinski definition) is 1. The Kier molecular flexibility index (Phi) is 12.7. The fourth-order valence-electron chi connectivity index (χ4n) is 6.50. The third kappa shape index (κ3) is 8.37. The highest BCUT2D eigenvalue weighted by atomic mass is 35.5. The van der Waals surface area contributed by atoms with Crippen molar-refractivity contribution in [3.63, 3.8) is 0 Å². The van der Waals surface area contributed by atoms with Crippen molar-refractivity contribution < 1.29 is 42.3 Å². The lowest BCUT2D eigenvalue weighted by molar-refractivity contribution is -0.384. The van der Waals surface area contributed by atoms with Gasteiger partial charge in [-0.2, -0.15) is 4.39 Å². The molecular formula is C42H41ClF2O7. The van der Waals surface area contributed by atoms with Crippen LogP contribution in [-0.2, 0) is 55.7 Å². The van der Waals surface area contributed by atoms with Crippen LogP contribution in [0.2, 0.25) is 5.02 Å². The van der Waals surface area contributed by atoms with Gasteiger partial charge in [-0.05, 0) is 46.0 Å². The molecule has 0 spiro atoms. The Balaban J connectivity index is 1.43. The topological polar surface area (TPSA) is 75.6 Å². The number of rotatable bonds is 15. The van der Waals surface area contributed by atoms with Gasteiger partial charge in [-0.3, -0.25) is 0 Å². The maximum Gasteiger partial charge on any atom is 0.225 e. The molecule has 7 nitrogen and oxygen atoms in total. The van der Waals surface area contributed by atoms with Crippen molar-refractivity contribution in [3.05, 3.63) is 171 Å². The molecule has 0 amide bonds. The second kappa shape index (κ2) is 17.6. The lowest BCUT2D eigenvalue weighted by atomic mass is 9.86. The number of methoxy groups -OCH3 is 2. The van der Waals surface area contributed by atoms with Crippen LogP contribution in [0.3, 0.4) is 0 Å². The monoisotopic (exact) mass is 730 g/mol. The number of halogens is 3. The summed E-state index contributed by atoms with van der Waals surface area (Å²) in [6.07, 6.45) is -3.61. The van der Waals surface area contributed by atoms with Crippen molar-refractivity contribution in [2.75, 3.05) is 20.8 Å². The third-order valence-corrected chi connectivity index (χ3v) is 9.56. The van der Waals surface area contributed by atoms with E-state index in [9.17, 15) is 9.50 Å². The lowest BCUT2D eigenvalue weighted by Crippen LogP contribution is -2.66. The van der Waals surface area contributed by atoms with Gasteiger partial charge in [0.2, 0.25) is 11.6 Å². The first-order valence-corrected chi connectivity index (χ1v) is 17.3. The summed E-state index contributed by atoms with van der Waals surface area (Å²) in [5.41, 5.74) is 3.77. The molecule has 0 aromatic heterocycles. The summed E-state index contributed by atoms with van der Waals surface area (Å²) in [6, 6.07) is 37.0. The van der Waals surface area contributed by atoms with Gasteiger partial charge in [0, 0.05) is 24.1 Å². The van der Waals surface area contributed by atoms with Crippen LogP contribution in [0.4, 0.5) is 8.78 Å². The van der Waals surface area contributed by atoms with Gasteiger partial charge in [-0.1, -0.05) is 115 Å². The van der Waals surface area contributed by atoms with E-state index < -0.39 is 48.4 Å². The highest BCUT2D eigenvalue weighted by Gasteiger charge is 2.58. The third-order valence-electron chi connectivity index (χ3n) is 9.19. The smallest absolute Gasteiger partial charge is 0.225 e. The number of ether oxygens (including phenoxy) is 6. The van der Waals surface area contributed by atoms with Crippen molar-refractivity contribution in [2.24, 2.45) is 0 Å². The molecule has 1 aliphatic heterocycles. The molecule has 1 saturated heterocycles. The van der Waals surface area contributed by atoms with Gasteiger partial charge in [0.15, 0.2) is 11.6 Å². The van der Waals surface area contributed by atoms with Gasteiger partial charge in [0.25, 0.3) is 0 Å². The summed E-state index contributed by atoms with van der Waals surface area (Å²) in [6.45, 7) is 0.153. The Morgan fingerprint density at radius 3 is 1.77 bits per heavy atom. The van der Waals surface area contributed by atoms with E-state index >= 15 is 4.39 Å². The average molecular weight is 731 g/mol. The zero-order valence-electron chi connectivity index (χ0n) is 28.9. The summed E-state index contributed by atoms with van der Waals surface area (Å²) >= 11 is 6.69. The second-order valence-electron chi connectivity index (χ2n) is 12.5. The van der Waals surface area contributed by atoms with Gasteiger partial charge >= 0.3 is 0 Å². The van der Waals surface area contributed by atoms with Gasteiger partial charge in [-0.25, -0.2) is 4.39 Å². The summed E-state index contributed by atoms with van der Waals surface area (Å²) in [7, 11) is 2.76. The molecule has 0 radical (unpaired) electrons. The molecule has 52 heavy (non-hydrogen) atoms. The summed E-state index contributed by atoms with van der Waals surface area (Å²) < 4.78 is 68.0. The van der Waals surface area contributed by atoms with Crippen LogP contribution in [0.5, 0.6) is 5.75 Å². The second-order valence-corrected chi connectivity index (χ2v) is 12.9. The molecular weight excluding hydrogens is 690 g/mol. The van der Waals surface area contributed by atoms with Crippen LogP contribution in [0.25, 0.3) is 0 Å². The minimum absolute atomic E-state index is 0.0467. The molecule has 10 heteroatoms. The first-order chi connectivity index (χ1) is 25.4. The fraction of sp³-hybridized carbons (Fsp3) is 0.286. The molecule has 0 unspecified atom stereocenters. The van der Waals surface area contributed by atoms with Gasteiger partial charge in [0.05, 0.1) is 33.5 Å². The molecule has 6 rings (SSSR count). The zero-order valence-corrected chi connectivity index (χ0v) is 29.7. The minimum Gasteiger partial charge on any atom is -0.494 e. The lowest BCUT2D eigenvalue weighted by Gasteiger charge is -2.52. The molecule has 1 N–H and O–H groups in total. The highest BCUT2D eigenvalue weighted by molar-refractivity contribution is 6.31. The van der Waals surface area contributed by atoms with Crippen molar-refractivity contribution in [1.82, 2.24) is 0 Å². The van der Waals surface area contributed by atoms with Crippen molar-refractivity contribution in [1.29, 1.82) is 0 Å². The van der Waals surface area contributed by atoms with Crippen molar-refractivity contribution in [3.8, 4) is 5.75 Å². The predicted octanol–water partition coefficient (Wildman–Crippen LogP) is 8.16. The zero-order chi connectivity index (χ0) is 36.5. The van der Waals surface area contributed by atoms with Crippen molar-refractivity contribution in [2.45, 2.75) is 56.4 Å². The van der Waals surface area contributed by atoms with E-state index in [2.05, 4.69) is 0 Å². The molecule has 0 bridgehead atoms. The molecule has 0 aliphatic carbocycles. The average Bonchev–Trinajstić information content (AvgIpc) is 3.19. The van der Waals surface area contributed by atoms with Crippen LogP contribution in [0.1, 0.15) is 33.4 Å². The van der Waals surface area contributed by atoms with E-state index in [1.54, 1.807) is 18.2 Å². The molecule has 0 saturated carbocycles. The Morgan fingerprint density at radius 1 is 0.673 bits per heavy atom. The Labute approximate surface area is 307 Å². The fourth-order valence-corrected chi connectivity index (χ4v) is 6.68. The molecule has 1 aliphatic rings. The summed E-state index contributed by atoms with van der Waals surface area (Å²) in [5, 5.41) is 11.2. The van der Waals surface area contributed by atoms with Crippen LogP contribution in [0, 0.1) is 11.6 Å². The standard InChI is InChI=1S/C42H41ClF2O7/c1-47-35-21-18-31(37(44)38(35)45)22-32-23-33(19-20-34(32)43)42(48-2)41(51-27-30-16-10-5-11-17-30)40(50-26-29-14-8-4-9-15-29)39(36(24-46)52-42)49-25-28-12-6-3-7-13-28/h3-21,23,36,39-41,46H,22,24-27H2,1-2H3/t36-,39-,40-,41+,42-/m0/s1. The summed E-state index contributed by atoms with van der Waals surface area (Å²) in [4.78, 5) is 0. The van der Waals surface area contributed by atoms with E-state index in [-0.39, 0.29) is 37.6 Å². The van der Waals surface area contributed by atoms with Gasteiger partial charge in [0.1, 0.15) is 24.4 Å². The summed E-state index contributed by atoms with van der Waals surface area (Å²) in [5.74, 6) is -4.00. The molecule has 5 atom stereocenters. The van der Waals surface area contributed by atoms with Crippen LogP contribution in [0.15, 0.2) is 121 Å². The first kappa shape index (κ1) is 37.6. The van der Waals surface area contributed by atoms with Gasteiger partial charge < -0.3 is 33.5 Å². The largest absolute Gasteiger partial charge is 0.494 e. The maximum absolute atomic E-state index is 15.2. The molecule has 5 aromatic carbocycles.